The standard InChI is InChI=1S/C11H16ClN3O/c1-8-14-10(12)6-11(15-8)13-4-2-9-3-5-16-7-9/h6,9H,2-5,7H2,1H3,(H,13,14,15). The first kappa shape index (κ1) is 11.6. The number of nitrogens with zero attached hydrogens (tertiary/aromatic N) is 2. The number of rotatable bonds is 4. The first-order chi connectivity index (χ1) is 7.74. The van der Waals surface area contributed by atoms with Gasteiger partial charge in [0.05, 0.1) is 0 Å². The lowest BCUT2D eigenvalue weighted by Gasteiger charge is -2.09. The molecule has 1 aliphatic rings. The van der Waals surface area contributed by atoms with E-state index >= 15 is 0 Å². The molecule has 1 aromatic rings. The Morgan fingerprint density at radius 3 is 3.12 bits per heavy atom. The van der Waals surface area contributed by atoms with Crippen LogP contribution in [0.15, 0.2) is 6.07 Å². The van der Waals surface area contributed by atoms with Crippen molar-refractivity contribution in [3.8, 4) is 0 Å². The molecule has 1 aromatic heterocycles. The third kappa shape index (κ3) is 3.32. The van der Waals surface area contributed by atoms with Crippen LogP contribution in [-0.2, 0) is 4.74 Å². The molecule has 0 aliphatic carbocycles. The topological polar surface area (TPSA) is 47.0 Å². The van der Waals surface area contributed by atoms with Crippen molar-refractivity contribution in [2.24, 2.45) is 5.92 Å². The average molecular weight is 242 g/mol. The predicted octanol–water partition coefficient (Wildman–Crippen LogP) is 2.28. The summed E-state index contributed by atoms with van der Waals surface area (Å²) in [4.78, 5) is 8.27. The summed E-state index contributed by atoms with van der Waals surface area (Å²) in [6, 6.07) is 1.75. The summed E-state index contributed by atoms with van der Waals surface area (Å²) in [5, 5.41) is 3.75. The zero-order valence-corrected chi connectivity index (χ0v) is 10.1. The Balaban J connectivity index is 1.80. The van der Waals surface area contributed by atoms with Gasteiger partial charge in [0, 0.05) is 25.8 Å². The molecule has 1 aliphatic heterocycles. The summed E-state index contributed by atoms with van der Waals surface area (Å²) < 4.78 is 5.32. The third-order valence-corrected chi connectivity index (χ3v) is 2.88. The van der Waals surface area contributed by atoms with Gasteiger partial charge in [0.1, 0.15) is 16.8 Å². The lowest BCUT2D eigenvalue weighted by molar-refractivity contribution is 0.185. The second-order valence-electron chi connectivity index (χ2n) is 4.07. The number of aromatic nitrogens is 2. The van der Waals surface area contributed by atoms with Crippen LogP contribution in [0.4, 0.5) is 5.82 Å². The van der Waals surface area contributed by atoms with E-state index in [2.05, 4.69) is 15.3 Å². The summed E-state index contributed by atoms with van der Waals surface area (Å²) in [6.45, 7) is 4.54. The number of nitrogens with one attached hydrogen (secondary N) is 1. The Bertz CT molecular complexity index is 333. The van der Waals surface area contributed by atoms with Crippen LogP contribution in [0, 0.1) is 12.8 Å². The maximum absolute atomic E-state index is 5.85. The van der Waals surface area contributed by atoms with E-state index in [1.54, 1.807) is 6.07 Å². The summed E-state index contributed by atoms with van der Waals surface area (Å²) in [7, 11) is 0. The van der Waals surface area contributed by atoms with E-state index in [9.17, 15) is 0 Å². The zero-order chi connectivity index (χ0) is 11.4. The summed E-state index contributed by atoms with van der Waals surface area (Å²) in [6.07, 6.45) is 2.28. The maximum Gasteiger partial charge on any atom is 0.134 e. The van der Waals surface area contributed by atoms with Gasteiger partial charge in [-0.05, 0) is 25.7 Å². The largest absolute Gasteiger partial charge is 0.381 e. The van der Waals surface area contributed by atoms with E-state index in [0.717, 1.165) is 32.0 Å². The number of hydrogen-bond acceptors (Lipinski definition) is 4. The number of anilines is 1. The Hall–Kier alpha value is -0.870. The molecule has 1 saturated heterocycles. The predicted molar refractivity (Wildman–Crippen MR) is 63.8 cm³/mol. The molecular formula is C11H16ClN3O. The van der Waals surface area contributed by atoms with E-state index in [-0.39, 0.29) is 0 Å². The van der Waals surface area contributed by atoms with Gasteiger partial charge in [-0.25, -0.2) is 9.97 Å². The van der Waals surface area contributed by atoms with Gasteiger partial charge in [-0.2, -0.15) is 0 Å². The highest BCUT2D eigenvalue weighted by molar-refractivity contribution is 6.29. The van der Waals surface area contributed by atoms with E-state index < -0.39 is 0 Å². The first-order valence-corrected chi connectivity index (χ1v) is 5.94. The molecule has 4 nitrogen and oxygen atoms in total. The van der Waals surface area contributed by atoms with Gasteiger partial charge in [-0.3, -0.25) is 0 Å². The van der Waals surface area contributed by atoms with Gasteiger partial charge in [0.25, 0.3) is 0 Å². The molecule has 5 heteroatoms. The monoisotopic (exact) mass is 241 g/mol. The fraction of sp³-hybridized carbons (Fsp3) is 0.636. The number of halogens is 1. The molecule has 1 unspecified atom stereocenters. The number of ether oxygens (including phenoxy) is 1. The van der Waals surface area contributed by atoms with Gasteiger partial charge in [0.2, 0.25) is 0 Å². The summed E-state index contributed by atoms with van der Waals surface area (Å²) in [5.74, 6) is 2.18. The fourth-order valence-electron chi connectivity index (χ4n) is 1.84. The van der Waals surface area contributed by atoms with Gasteiger partial charge in [-0.1, -0.05) is 11.6 Å². The quantitative estimate of drug-likeness (QED) is 0.822. The van der Waals surface area contributed by atoms with Crippen LogP contribution in [-0.4, -0.2) is 29.7 Å². The highest BCUT2D eigenvalue weighted by Crippen LogP contribution is 2.17. The molecule has 0 aromatic carbocycles. The van der Waals surface area contributed by atoms with Crippen molar-refractivity contribution in [1.82, 2.24) is 9.97 Å². The van der Waals surface area contributed by atoms with Crippen molar-refractivity contribution in [1.29, 1.82) is 0 Å². The van der Waals surface area contributed by atoms with Gasteiger partial charge in [0.15, 0.2) is 0 Å². The van der Waals surface area contributed by atoms with Crippen LogP contribution in [0.3, 0.4) is 0 Å². The second-order valence-corrected chi connectivity index (χ2v) is 4.46. The highest BCUT2D eigenvalue weighted by atomic mass is 35.5. The second kappa shape index (κ2) is 5.46. The van der Waals surface area contributed by atoms with Crippen molar-refractivity contribution in [2.45, 2.75) is 19.8 Å². The molecule has 2 rings (SSSR count). The van der Waals surface area contributed by atoms with E-state index in [1.807, 2.05) is 6.92 Å². The first-order valence-electron chi connectivity index (χ1n) is 5.57. The Morgan fingerprint density at radius 1 is 1.56 bits per heavy atom. The smallest absolute Gasteiger partial charge is 0.134 e. The Kier molecular flexibility index (Phi) is 3.96. The minimum absolute atomic E-state index is 0.485. The van der Waals surface area contributed by atoms with Crippen LogP contribution in [0.1, 0.15) is 18.7 Å². The van der Waals surface area contributed by atoms with Gasteiger partial charge >= 0.3 is 0 Å². The Labute approximate surface area is 100 Å². The molecule has 1 atom stereocenters. The van der Waals surface area contributed by atoms with Crippen molar-refractivity contribution < 1.29 is 4.74 Å². The molecule has 0 bridgehead atoms. The van der Waals surface area contributed by atoms with Crippen LogP contribution in [0.5, 0.6) is 0 Å². The van der Waals surface area contributed by atoms with E-state index in [4.69, 9.17) is 16.3 Å². The van der Waals surface area contributed by atoms with Crippen LogP contribution in [0.25, 0.3) is 0 Å². The maximum atomic E-state index is 5.85. The molecule has 0 saturated carbocycles. The molecule has 2 heterocycles. The number of aryl methyl sites for hydroxylation is 1. The highest BCUT2D eigenvalue weighted by Gasteiger charge is 2.14. The van der Waals surface area contributed by atoms with Crippen molar-refractivity contribution in [2.75, 3.05) is 25.1 Å². The summed E-state index contributed by atoms with van der Waals surface area (Å²) >= 11 is 5.85. The third-order valence-electron chi connectivity index (χ3n) is 2.69. The molecule has 0 radical (unpaired) electrons. The summed E-state index contributed by atoms with van der Waals surface area (Å²) in [5.41, 5.74) is 0. The molecule has 0 spiro atoms. The number of hydrogen-bond donors (Lipinski definition) is 1. The van der Waals surface area contributed by atoms with Crippen LogP contribution in [0.2, 0.25) is 5.15 Å². The lowest BCUT2D eigenvalue weighted by atomic mass is 10.1. The minimum atomic E-state index is 0.485. The van der Waals surface area contributed by atoms with Gasteiger partial charge < -0.3 is 10.1 Å². The fourth-order valence-corrected chi connectivity index (χ4v) is 2.06. The minimum Gasteiger partial charge on any atom is -0.381 e. The molecular weight excluding hydrogens is 226 g/mol. The molecule has 16 heavy (non-hydrogen) atoms. The van der Waals surface area contributed by atoms with Crippen molar-refractivity contribution in [3.05, 3.63) is 17.0 Å². The average Bonchev–Trinajstić information content (AvgIpc) is 2.69. The van der Waals surface area contributed by atoms with E-state index in [0.29, 0.717) is 16.9 Å². The zero-order valence-electron chi connectivity index (χ0n) is 9.37. The lowest BCUT2D eigenvalue weighted by Crippen LogP contribution is -2.10. The molecule has 0 amide bonds. The van der Waals surface area contributed by atoms with Crippen LogP contribution >= 0.6 is 11.6 Å². The molecule has 1 fully saturated rings. The van der Waals surface area contributed by atoms with Crippen molar-refractivity contribution >= 4 is 17.4 Å². The van der Waals surface area contributed by atoms with Gasteiger partial charge in [-0.15, -0.1) is 0 Å². The Morgan fingerprint density at radius 2 is 2.44 bits per heavy atom. The van der Waals surface area contributed by atoms with Crippen LogP contribution < -0.4 is 5.32 Å². The van der Waals surface area contributed by atoms with Crippen molar-refractivity contribution in [3.63, 3.8) is 0 Å². The molecule has 88 valence electrons. The van der Waals surface area contributed by atoms with E-state index in [1.165, 1.54) is 6.42 Å². The molecule has 1 N–H and O–H groups in total. The SMILES string of the molecule is Cc1nc(Cl)cc(NCCC2CCOC2)n1. The normalized spacial score (nSPS) is 20.0.